The van der Waals surface area contributed by atoms with Gasteiger partial charge in [0.25, 0.3) is 5.91 Å². The Bertz CT molecular complexity index is 797. The van der Waals surface area contributed by atoms with Gasteiger partial charge in [0.1, 0.15) is 4.32 Å². The highest BCUT2D eigenvalue weighted by atomic mass is 79.9. The molecule has 0 spiro atoms. The van der Waals surface area contributed by atoms with Crippen LogP contribution in [0.3, 0.4) is 0 Å². The third-order valence-electron chi connectivity index (χ3n) is 3.75. The van der Waals surface area contributed by atoms with E-state index in [0.29, 0.717) is 51.2 Å². The van der Waals surface area contributed by atoms with Crippen LogP contribution in [0.25, 0.3) is 6.08 Å². The van der Waals surface area contributed by atoms with E-state index in [9.17, 15) is 14.7 Å². The average molecular weight is 488 g/mol. The summed E-state index contributed by atoms with van der Waals surface area (Å²) in [6.07, 6.45) is 3.23. The van der Waals surface area contributed by atoms with Crippen molar-refractivity contribution >= 4 is 62.2 Å². The maximum atomic E-state index is 12.7. The highest BCUT2D eigenvalue weighted by Gasteiger charge is 2.31. The Balaban J connectivity index is 2.05. The van der Waals surface area contributed by atoms with Crippen LogP contribution in [0.4, 0.5) is 0 Å². The molecular formula is C19H22BrNO5S2. The standard InChI is InChI=1S/C19H22BrNO5S2/c1-3-8-26-16(22)6-5-7-21-18(24)15(28-19(21)27)11-12-9-13(20)17(23)14(10-12)25-4-2/h9-11,23H,3-8H2,1-2H3/b15-11-. The van der Waals surface area contributed by atoms with Crippen LogP contribution >= 0.6 is 39.9 Å². The quantitative estimate of drug-likeness (QED) is 0.312. The molecule has 6 nitrogen and oxygen atoms in total. The molecule has 0 aromatic heterocycles. The minimum absolute atomic E-state index is 0.0153. The number of thioether (sulfide) groups is 1. The van der Waals surface area contributed by atoms with Gasteiger partial charge in [-0.2, -0.15) is 0 Å². The molecule has 2 rings (SSSR count). The molecule has 9 heteroatoms. The second-order valence-corrected chi connectivity index (χ2v) is 8.47. The van der Waals surface area contributed by atoms with Crippen molar-refractivity contribution in [1.29, 1.82) is 0 Å². The van der Waals surface area contributed by atoms with Crippen LogP contribution in [0.5, 0.6) is 11.5 Å². The summed E-state index contributed by atoms with van der Waals surface area (Å²) in [6, 6.07) is 3.37. The third-order valence-corrected chi connectivity index (χ3v) is 5.73. The fourth-order valence-corrected chi connectivity index (χ4v) is 4.22. The van der Waals surface area contributed by atoms with Gasteiger partial charge in [0.2, 0.25) is 0 Å². The van der Waals surface area contributed by atoms with Crippen LogP contribution in [0.1, 0.15) is 38.7 Å². The van der Waals surface area contributed by atoms with E-state index in [1.54, 1.807) is 18.2 Å². The van der Waals surface area contributed by atoms with Gasteiger partial charge >= 0.3 is 5.97 Å². The molecule has 1 aliphatic rings. The lowest BCUT2D eigenvalue weighted by atomic mass is 10.2. The number of hydrogen-bond acceptors (Lipinski definition) is 7. The van der Waals surface area contributed by atoms with Crippen LogP contribution in [-0.2, 0) is 14.3 Å². The molecule has 1 amide bonds. The summed E-state index contributed by atoms with van der Waals surface area (Å²) >= 11 is 9.81. The number of carbonyl (C=O) groups is 2. The molecule has 1 heterocycles. The van der Waals surface area contributed by atoms with Crippen LogP contribution < -0.4 is 4.74 Å². The summed E-state index contributed by atoms with van der Waals surface area (Å²) in [5, 5.41) is 10.0. The molecule has 0 aliphatic carbocycles. The number of nitrogens with zero attached hydrogens (tertiary/aromatic N) is 1. The molecule has 1 aromatic carbocycles. The van der Waals surface area contributed by atoms with Gasteiger partial charge in [0, 0.05) is 13.0 Å². The number of phenolic OH excluding ortho intramolecular Hbond substituents is 1. The Morgan fingerprint density at radius 3 is 2.82 bits per heavy atom. The van der Waals surface area contributed by atoms with Crippen molar-refractivity contribution < 1.29 is 24.2 Å². The summed E-state index contributed by atoms with van der Waals surface area (Å²) in [4.78, 5) is 26.2. The highest BCUT2D eigenvalue weighted by Crippen LogP contribution is 2.38. The molecular weight excluding hydrogens is 466 g/mol. The largest absolute Gasteiger partial charge is 0.503 e. The summed E-state index contributed by atoms with van der Waals surface area (Å²) in [5.74, 6) is -0.106. The van der Waals surface area contributed by atoms with Crippen LogP contribution in [0.15, 0.2) is 21.5 Å². The van der Waals surface area contributed by atoms with Gasteiger partial charge in [-0.25, -0.2) is 0 Å². The van der Waals surface area contributed by atoms with E-state index in [0.717, 1.165) is 6.42 Å². The normalized spacial score (nSPS) is 15.4. The molecule has 1 fully saturated rings. The zero-order chi connectivity index (χ0) is 20.7. The van der Waals surface area contributed by atoms with E-state index in [-0.39, 0.29) is 24.0 Å². The number of ether oxygens (including phenoxy) is 2. The zero-order valence-electron chi connectivity index (χ0n) is 15.7. The number of aromatic hydroxyl groups is 1. The first-order chi connectivity index (χ1) is 13.4. The molecule has 0 radical (unpaired) electrons. The Morgan fingerprint density at radius 2 is 2.14 bits per heavy atom. The SMILES string of the molecule is CCCOC(=O)CCCN1C(=O)/C(=C/c2cc(Br)c(O)c(OCC)c2)SC1=S. The first-order valence-electron chi connectivity index (χ1n) is 8.93. The van der Waals surface area contributed by atoms with Crippen molar-refractivity contribution in [2.45, 2.75) is 33.1 Å². The lowest BCUT2D eigenvalue weighted by molar-refractivity contribution is -0.144. The Labute approximate surface area is 182 Å². The first kappa shape index (κ1) is 22.7. The maximum absolute atomic E-state index is 12.7. The predicted molar refractivity (Wildman–Crippen MR) is 117 cm³/mol. The van der Waals surface area contributed by atoms with Crippen molar-refractivity contribution in [2.24, 2.45) is 0 Å². The first-order valence-corrected chi connectivity index (χ1v) is 10.9. The van der Waals surface area contributed by atoms with Crippen molar-refractivity contribution in [3.8, 4) is 11.5 Å². The number of phenols is 1. The minimum atomic E-state index is -0.264. The van der Waals surface area contributed by atoms with Crippen LogP contribution in [-0.4, -0.2) is 46.0 Å². The topological polar surface area (TPSA) is 76.1 Å². The minimum Gasteiger partial charge on any atom is -0.503 e. The smallest absolute Gasteiger partial charge is 0.305 e. The zero-order valence-corrected chi connectivity index (χ0v) is 18.9. The van der Waals surface area contributed by atoms with Gasteiger partial charge in [0.15, 0.2) is 11.5 Å². The van der Waals surface area contributed by atoms with Crippen LogP contribution in [0, 0.1) is 0 Å². The lowest BCUT2D eigenvalue weighted by Crippen LogP contribution is -2.29. The fourth-order valence-electron chi connectivity index (χ4n) is 2.46. The lowest BCUT2D eigenvalue weighted by Gasteiger charge is -2.13. The Hall–Kier alpha value is -1.58. The molecule has 0 bridgehead atoms. The number of thiocarbonyl (C=S) groups is 1. The van der Waals surface area contributed by atoms with Crippen molar-refractivity contribution in [3.05, 3.63) is 27.1 Å². The van der Waals surface area contributed by atoms with Crippen molar-refractivity contribution in [3.63, 3.8) is 0 Å². The van der Waals surface area contributed by atoms with Crippen molar-refractivity contribution in [2.75, 3.05) is 19.8 Å². The van der Waals surface area contributed by atoms with Gasteiger partial charge < -0.3 is 14.6 Å². The molecule has 1 aromatic rings. The van der Waals surface area contributed by atoms with Gasteiger partial charge in [-0.05, 0) is 59.5 Å². The number of halogens is 1. The predicted octanol–water partition coefficient (Wildman–Crippen LogP) is 4.49. The number of carbonyl (C=O) groups excluding carboxylic acids is 2. The number of rotatable bonds is 9. The van der Waals surface area contributed by atoms with Gasteiger partial charge in [-0.3, -0.25) is 14.5 Å². The highest BCUT2D eigenvalue weighted by molar-refractivity contribution is 9.10. The number of benzene rings is 1. The molecule has 1 N–H and O–H groups in total. The second-order valence-electron chi connectivity index (χ2n) is 5.94. The fraction of sp³-hybridized carbons (Fsp3) is 0.421. The molecule has 0 atom stereocenters. The van der Waals surface area contributed by atoms with E-state index < -0.39 is 0 Å². The summed E-state index contributed by atoms with van der Waals surface area (Å²) in [6.45, 7) is 4.94. The second kappa shape index (κ2) is 10.8. The number of hydrogen-bond donors (Lipinski definition) is 1. The third kappa shape index (κ3) is 5.96. The monoisotopic (exact) mass is 487 g/mol. The number of amides is 1. The van der Waals surface area contributed by atoms with E-state index in [1.807, 2.05) is 13.8 Å². The molecule has 1 aliphatic heterocycles. The summed E-state index contributed by atoms with van der Waals surface area (Å²) in [7, 11) is 0. The van der Waals surface area contributed by atoms with E-state index in [2.05, 4.69) is 15.9 Å². The molecule has 28 heavy (non-hydrogen) atoms. The average Bonchev–Trinajstić information content (AvgIpc) is 2.91. The van der Waals surface area contributed by atoms with E-state index in [4.69, 9.17) is 21.7 Å². The Kier molecular flexibility index (Phi) is 8.78. The summed E-state index contributed by atoms with van der Waals surface area (Å²) in [5.41, 5.74) is 0.705. The number of esters is 1. The summed E-state index contributed by atoms with van der Waals surface area (Å²) < 4.78 is 11.4. The molecule has 152 valence electrons. The molecule has 0 unspecified atom stereocenters. The van der Waals surface area contributed by atoms with Gasteiger partial charge in [0.05, 0.1) is 22.6 Å². The van der Waals surface area contributed by atoms with E-state index >= 15 is 0 Å². The van der Waals surface area contributed by atoms with E-state index in [1.165, 1.54) is 16.7 Å². The van der Waals surface area contributed by atoms with Gasteiger partial charge in [-0.1, -0.05) is 30.9 Å². The maximum Gasteiger partial charge on any atom is 0.305 e. The molecule has 0 saturated carbocycles. The van der Waals surface area contributed by atoms with Gasteiger partial charge in [-0.15, -0.1) is 0 Å². The Morgan fingerprint density at radius 1 is 1.39 bits per heavy atom. The molecule has 1 saturated heterocycles. The van der Waals surface area contributed by atoms with Crippen LogP contribution in [0.2, 0.25) is 0 Å². The van der Waals surface area contributed by atoms with Crippen molar-refractivity contribution in [1.82, 2.24) is 4.90 Å².